The quantitative estimate of drug-likeness (QED) is 0.481. The molecule has 0 saturated heterocycles. The van der Waals surface area contributed by atoms with E-state index in [1.165, 1.54) is 0 Å². The first kappa shape index (κ1) is 15.8. The monoisotopic (exact) mass is 266 g/mol. The molecule has 0 amide bonds. The number of benzene rings is 1. The molecular formula is C15H22O4. The standard InChI is InChI=1S/C15H22O4/c1-13-5-3-6-14(11-13)15(16)12-19-10-9-18-8-4-7-17-2/h3,5-6,11H,4,7-10,12H2,1-2H3. The molecule has 0 heterocycles. The van der Waals surface area contributed by atoms with Gasteiger partial charge in [-0.1, -0.05) is 23.8 Å². The molecule has 0 aliphatic carbocycles. The molecule has 0 aliphatic heterocycles. The largest absolute Gasteiger partial charge is 0.385 e. The molecule has 19 heavy (non-hydrogen) atoms. The number of ether oxygens (including phenoxy) is 3. The minimum Gasteiger partial charge on any atom is -0.385 e. The van der Waals surface area contributed by atoms with E-state index in [4.69, 9.17) is 14.2 Å². The summed E-state index contributed by atoms with van der Waals surface area (Å²) in [6.07, 6.45) is 0.874. The molecule has 1 aromatic rings. The molecule has 4 heteroatoms. The normalized spacial score (nSPS) is 10.6. The fraction of sp³-hybridized carbons (Fsp3) is 0.533. The molecule has 0 spiro atoms. The minimum atomic E-state index is 0.00285. The number of ketones is 1. The van der Waals surface area contributed by atoms with E-state index in [2.05, 4.69) is 0 Å². The zero-order chi connectivity index (χ0) is 13.9. The molecule has 1 rings (SSSR count). The molecule has 0 fully saturated rings. The second kappa shape index (κ2) is 9.67. The Kier molecular flexibility index (Phi) is 8.05. The lowest BCUT2D eigenvalue weighted by Crippen LogP contribution is -2.13. The maximum absolute atomic E-state index is 11.8. The van der Waals surface area contributed by atoms with Gasteiger partial charge in [0.25, 0.3) is 0 Å². The van der Waals surface area contributed by atoms with Crippen LogP contribution < -0.4 is 0 Å². The average molecular weight is 266 g/mol. The summed E-state index contributed by atoms with van der Waals surface area (Å²) in [5.74, 6) is 0.00285. The predicted molar refractivity (Wildman–Crippen MR) is 73.6 cm³/mol. The van der Waals surface area contributed by atoms with E-state index >= 15 is 0 Å². The highest BCUT2D eigenvalue weighted by Gasteiger charge is 2.05. The van der Waals surface area contributed by atoms with Gasteiger partial charge in [-0.3, -0.25) is 4.79 Å². The van der Waals surface area contributed by atoms with Crippen LogP contribution in [0.15, 0.2) is 24.3 Å². The van der Waals surface area contributed by atoms with Crippen LogP contribution in [0.25, 0.3) is 0 Å². The van der Waals surface area contributed by atoms with Gasteiger partial charge in [0.05, 0.1) is 13.2 Å². The molecular weight excluding hydrogens is 244 g/mol. The summed E-state index contributed by atoms with van der Waals surface area (Å²) < 4.78 is 15.5. The van der Waals surface area contributed by atoms with Gasteiger partial charge in [-0.2, -0.15) is 0 Å². The van der Waals surface area contributed by atoms with Crippen molar-refractivity contribution in [3.8, 4) is 0 Å². The van der Waals surface area contributed by atoms with Crippen LogP contribution in [0.4, 0.5) is 0 Å². The Morgan fingerprint density at radius 3 is 2.63 bits per heavy atom. The SMILES string of the molecule is COCCCOCCOCC(=O)c1cccc(C)c1. The van der Waals surface area contributed by atoms with Crippen molar-refractivity contribution in [3.63, 3.8) is 0 Å². The van der Waals surface area contributed by atoms with Crippen molar-refractivity contribution in [2.75, 3.05) is 40.1 Å². The molecule has 4 nitrogen and oxygen atoms in total. The van der Waals surface area contributed by atoms with Crippen molar-refractivity contribution in [1.82, 2.24) is 0 Å². The molecule has 0 bridgehead atoms. The smallest absolute Gasteiger partial charge is 0.188 e. The first-order chi connectivity index (χ1) is 9.24. The van der Waals surface area contributed by atoms with E-state index in [0.717, 1.165) is 12.0 Å². The molecule has 0 radical (unpaired) electrons. The highest BCUT2D eigenvalue weighted by molar-refractivity contribution is 5.97. The van der Waals surface area contributed by atoms with Gasteiger partial charge in [0, 0.05) is 25.9 Å². The molecule has 106 valence electrons. The van der Waals surface area contributed by atoms with E-state index in [9.17, 15) is 4.79 Å². The van der Waals surface area contributed by atoms with Crippen molar-refractivity contribution >= 4 is 5.78 Å². The lowest BCUT2D eigenvalue weighted by Gasteiger charge is -2.06. The Bertz CT molecular complexity index is 376. The second-order valence-electron chi connectivity index (χ2n) is 4.30. The number of carbonyl (C=O) groups excluding carboxylic acids is 1. The lowest BCUT2D eigenvalue weighted by molar-refractivity contribution is 0.0382. The molecule has 0 saturated carbocycles. The van der Waals surface area contributed by atoms with Gasteiger partial charge in [0.15, 0.2) is 5.78 Å². The van der Waals surface area contributed by atoms with Crippen molar-refractivity contribution in [3.05, 3.63) is 35.4 Å². The third-order valence-electron chi connectivity index (χ3n) is 2.58. The number of carbonyl (C=O) groups is 1. The van der Waals surface area contributed by atoms with Gasteiger partial charge in [0.2, 0.25) is 0 Å². The van der Waals surface area contributed by atoms with E-state index in [0.29, 0.717) is 32.0 Å². The van der Waals surface area contributed by atoms with Crippen LogP contribution in [0.2, 0.25) is 0 Å². The highest BCUT2D eigenvalue weighted by atomic mass is 16.5. The molecule has 0 aliphatic rings. The van der Waals surface area contributed by atoms with Crippen LogP contribution in [0.5, 0.6) is 0 Å². The Labute approximate surface area is 114 Å². The van der Waals surface area contributed by atoms with Crippen LogP contribution >= 0.6 is 0 Å². The molecule has 1 aromatic carbocycles. The lowest BCUT2D eigenvalue weighted by atomic mass is 10.1. The molecule has 0 atom stereocenters. The van der Waals surface area contributed by atoms with Gasteiger partial charge >= 0.3 is 0 Å². The van der Waals surface area contributed by atoms with Crippen molar-refractivity contribution in [1.29, 1.82) is 0 Å². The van der Waals surface area contributed by atoms with Crippen LogP contribution in [-0.2, 0) is 14.2 Å². The summed E-state index contributed by atoms with van der Waals surface area (Å²) >= 11 is 0. The Balaban J connectivity index is 2.08. The van der Waals surface area contributed by atoms with Crippen molar-refractivity contribution in [2.24, 2.45) is 0 Å². The number of Topliss-reactive ketones (excluding diaryl/α,β-unsaturated/α-hetero) is 1. The number of aryl methyl sites for hydroxylation is 1. The summed E-state index contributed by atoms with van der Waals surface area (Å²) in [4.78, 5) is 11.8. The zero-order valence-corrected chi connectivity index (χ0v) is 11.7. The molecule has 0 aromatic heterocycles. The average Bonchev–Trinajstić information content (AvgIpc) is 2.41. The first-order valence-corrected chi connectivity index (χ1v) is 6.48. The van der Waals surface area contributed by atoms with Gasteiger partial charge in [-0.05, 0) is 19.4 Å². The van der Waals surface area contributed by atoms with Crippen molar-refractivity contribution in [2.45, 2.75) is 13.3 Å². The fourth-order valence-corrected chi connectivity index (χ4v) is 1.59. The Morgan fingerprint density at radius 2 is 1.89 bits per heavy atom. The molecule has 0 N–H and O–H groups in total. The number of hydrogen-bond donors (Lipinski definition) is 0. The Hall–Kier alpha value is -1.23. The van der Waals surface area contributed by atoms with E-state index < -0.39 is 0 Å². The van der Waals surface area contributed by atoms with E-state index in [1.807, 2.05) is 25.1 Å². The van der Waals surface area contributed by atoms with Crippen LogP contribution in [0.3, 0.4) is 0 Å². The van der Waals surface area contributed by atoms with Gasteiger partial charge in [-0.15, -0.1) is 0 Å². The Morgan fingerprint density at radius 1 is 1.11 bits per heavy atom. The van der Waals surface area contributed by atoms with Gasteiger partial charge in [-0.25, -0.2) is 0 Å². The predicted octanol–water partition coefficient (Wildman–Crippen LogP) is 2.25. The third kappa shape index (κ3) is 7.06. The highest BCUT2D eigenvalue weighted by Crippen LogP contribution is 2.04. The van der Waals surface area contributed by atoms with Crippen LogP contribution in [-0.4, -0.2) is 45.9 Å². The van der Waals surface area contributed by atoms with E-state index in [1.54, 1.807) is 13.2 Å². The van der Waals surface area contributed by atoms with Gasteiger partial charge in [0.1, 0.15) is 6.61 Å². The summed E-state index contributed by atoms with van der Waals surface area (Å²) in [6.45, 7) is 4.36. The number of methoxy groups -OCH3 is 1. The number of rotatable bonds is 10. The maximum Gasteiger partial charge on any atom is 0.188 e. The van der Waals surface area contributed by atoms with Crippen molar-refractivity contribution < 1.29 is 19.0 Å². The number of hydrogen-bond acceptors (Lipinski definition) is 4. The third-order valence-corrected chi connectivity index (χ3v) is 2.58. The van der Waals surface area contributed by atoms with Crippen LogP contribution in [0, 0.1) is 6.92 Å². The summed E-state index contributed by atoms with van der Waals surface area (Å²) in [6, 6.07) is 7.51. The first-order valence-electron chi connectivity index (χ1n) is 6.48. The summed E-state index contributed by atoms with van der Waals surface area (Å²) in [5.41, 5.74) is 1.77. The van der Waals surface area contributed by atoms with E-state index in [-0.39, 0.29) is 12.4 Å². The minimum absolute atomic E-state index is 0.00285. The maximum atomic E-state index is 11.8. The van der Waals surface area contributed by atoms with Crippen LogP contribution in [0.1, 0.15) is 22.3 Å². The second-order valence-corrected chi connectivity index (χ2v) is 4.30. The summed E-state index contributed by atoms with van der Waals surface area (Å²) in [7, 11) is 1.67. The summed E-state index contributed by atoms with van der Waals surface area (Å²) in [5, 5.41) is 0. The molecule has 0 unspecified atom stereocenters. The topological polar surface area (TPSA) is 44.8 Å². The zero-order valence-electron chi connectivity index (χ0n) is 11.7. The van der Waals surface area contributed by atoms with Gasteiger partial charge < -0.3 is 14.2 Å². The fourth-order valence-electron chi connectivity index (χ4n) is 1.59.